The van der Waals surface area contributed by atoms with Gasteiger partial charge in [0.05, 0.1) is 12.9 Å². The van der Waals surface area contributed by atoms with Gasteiger partial charge in [-0.1, -0.05) is 27.7 Å². The minimum Gasteiger partial charge on any atom is -0.497 e. The average Bonchev–Trinajstić information content (AvgIpc) is 3.29. The Morgan fingerprint density at radius 3 is 2.76 bits per heavy atom. The molecular weight excluding hydrogens is 456 g/mol. The zero-order valence-corrected chi connectivity index (χ0v) is 18.1. The first-order valence-corrected chi connectivity index (χ1v) is 10.5. The minimum absolute atomic E-state index is 0.127. The van der Waals surface area contributed by atoms with Gasteiger partial charge in [-0.15, -0.1) is 10.2 Å². The van der Waals surface area contributed by atoms with Crippen LogP contribution >= 0.6 is 27.7 Å². The Hall–Kier alpha value is -2.78. The zero-order valence-electron chi connectivity index (χ0n) is 15.7. The lowest BCUT2D eigenvalue weighted by Crippen LogP contribution is -2.14. The number of hydrogen-bond acceptors (Lipinski definition) is 6. The van der Waals surface area contributed by atoms with Crippen molar-refractivity contribution >= 4 is 50.3 Å². The monoisotopic (exact) mass is 472 g/mol. The average molecular weight is 473 g/mol. The maximum absolute atomic E-state index is 12.2. The van der Waals surface area contributed by atoms with E-state index in [1.807, 2.05) is 35.9 Å². The highest BCUT2D eigenvalue weighted by atomic mass is 79.9. The highest BCUT2D eigenvalue weighted by Crippen LogP contribution is 2.30. The summed E-state index contributed by atoms with van der Waals surface area (Å²) in [4.78, 5) is 12.2. The van der Waals surface area contributed by atoms with Crippen molar-refractivity contribution in [3.05, 3.63) is 53.0 Å². The molecule has 0 aliphatic heterocycles. The van der Waals surface area contributed by atoms with Crippen LogP contribution in [-0.4, -0.2) is 33.5 Å². The Morgan fingerprint density at radius 2 is 2.00 bits per heavy atom. The molecule has 0 radical (unpaired) electrons. The maximum atomic E-state index is 12.2. The number of nitrogens with zero attached hydrogens (tertiary/aromatic N) is 3. The number of nitrogens with one attached hydrogen (secondary N) is 1. The van der Waals surface area contributed by atoms with Gasteiger partial charge in [0.1, 0.15) is 11.3 Å². The molecular formula is C20H17BrN4O3S. The molecule has 0 atom stereocenters. The van der Waals surface area contributed by atoms with Gasteiger partial charge in [0.15, 0.2) is 16.7 Å². The molecule has 0 unspecified atom stereocenters. The summed E-state index contributed by atoms with van der Waals surface area (Å²) in [6.45, 7) is 0. The van der Waals surface area contributed by atoms with Crippen molar-refractivity contribution in [2.24, 2.45) is 7.05 Å². The van der Waals surface area contributed by atoms with E-state index < -0.39 is 0 Å². The van der Waals surface area contributed by atoms with Gasteiger partial charge in [0.2, 0.25) is 5.91 Å². The van der Waals surface area contributed by atoms with Crippen molar-refractivity contribution in [1.29, 1.82) is 0 Å². The summed E-state index contributed by atoms with van der Waals surface area (Å²) >= 11 is 4.77. The third kappa shape index (κ3) is 4.30. The van der Waals surface area contributed by atoms with Gasteiger partial charge in [0.25, 0.3) is 0 Å². The number of thioether (sulfide) groups is 1. The fourth-order valence-corrected chi connectivity index (χ4v) is 3.87. The molecule has 29 heavy (non-hydrogen) atoms. The van der Waals surface area contributed by atoms with Crippen LogP contribution in [0.15, 0.2) is 62.6 Å². The number of methoxy groups -OCH3 is 1. The Kier molecular flexibility index (Phi) is 5.59. The normalized spacial score (nSPS) is 11.0. The molecule has 0 fully saturated rings. The molecule has 7 nitrogen and oxygen atoms in total. The maximum Gasteiger partial charge on any atom is 0.234 e. The van der Waals surface area contributed by atoms with E-state index in [1.165, 1.54) is 11.8 Å². The number of rotatable bonds is 6. The van der Waals surface area contributed by atoms with Gasteiger partial charge >= 0.3 is 0 Å². The predicted molar refractivity (Wildman–Crippen MR) is 116 cm³/mol. The van der Waals surface area contributed by atoms with E-state index in [-0.39, 0.29) is 11.7 Å². The van der Waals surface area contributed by atoms with Crippen LogP contribution in [0.3, 0.4) is 0 Å². The lowest BCUT2D eigenvalue weighted by molar-refractivity contribution is -0.113. The lowest BCUT2D eigenvalue weighted by Gasteiger charge is -2.06. The van der Waals surface area contributed by atoms with E-state index in [9.17, 15) is 4.79 Å². The smallest absolute Gasteiger partial charge is 0.234 e. The van der Waals surface area contributed by atoms with Crippen molar-refractivity contribution in [3.63, 3.8) is 0 Å². The summed E-state index contributed by atoms with van der Waals surface area (Å²) in [6.07, 6.45) is 0. The summed E-state index contributed by atoms with van der Waals surface area (Å²) in [5.74, 6) is 2.06. The molecule has 0 bridgehead atoms. The first kappa shape index (κ1) is 19.5. The van der Waals surface area contributed by atoms with Crippen LogP contribution in [0, 0.1) is 0 Å². The predicted octanol–water partition coefficient (Wildman–Crippen LogP) is 4.73. The molecule has 148 valence electrons. The van der Waals surface area contributed by atoms with E-state index in [4.69, 9.17) is 9.15 Å². The zero-order chi connectivity index (χ0) is 20.4. The van der Waals surface area contributed by atoms with E-state index in [0.717, 1.165) is 21.2 Å². The molecule has 4 aromatic rings. The number of carbonyl (C=O) groups is 1. The van der Waals surface area contributed by atoms with Crippen LogP contribution < -0.4 is 10.1 Å². The second-order valence-electron chi connectivity index (χ2n) is 6.22. The fraction of sp³-hybridized carbons (Fsp3) is 0.150. The number of aromatic nitrogens is 3. The molecule has 9 heteroatoms. The van der Waals surface area contributed by atoms with Crippen LogP contribution in [0.25, 0.3) is 22.6 Å². The van der Waals surface area contributed by atoms with E-state index in [1.54, 1.807) is 31.4 Å². The number of benzene rings is 2. The Morgan fingerprint density at radius 1 is 1.21 bits per heavy atom. The third-order valence-corrected chi connectivity index (χ3v) is 5.75. The topological polar surface area (TPSA) is 82.2 Å². The van der Waals surface area contributed by atoms with Crippen molar-refractivity contribution in [2.45, 2.75) is 5.16 Å². The third-order valence-electron chi connectivity index (χ3n) is 4.24. The van der Waals surface area contributed by atoms with Crippen molar-refractivity contribution in [2.75, 3.05) is 18.2 Å². The first-order valence-electron chi connectivity index (χ1n) is 8.69. The number of furan rings is 1. The minimum atomic E-state index is -0.127. The molecule has 1 amide bonds. The van der Waals surface area contributed by atoms with Crippen LogP contribution in [0.1, 0.15) is 0 Å². The summed E-state index contributed by atoms with van der Waals surface area (Å²) in [6, 6.07) is 14.9. The molecule has 0 aliphatic carbocycles. The van der Waals surface area contributed by atoms with E-state index in [0.29, 0.717) is 22.4 Å². The van der Waals surface area contributed by atoms with E-state index >= 15 is 0 Å². The van der Waals surface area contributed by atoms with Crippen LogP contribution in [0.5, 0.6) is 5.75 Å². The van der Waals surface area contributed by atoms with E-state index in [2.05, 4.69) is 31.4 Å². The summed E-state index contributed by atoms with van der Waals surface area (Å²) < 4.78 is 13.8. The summed E-state index contributed by atoms with van der Waals surface area (Å²) in [7, 11) is 3.45. The SMILES string of the molecule is COc1ccc(NC(=O)CSc2nnc(-c3cc4cc(Br)ccc4o3)n2C)cc1. The molecule has 1 N–H and O–H groups in total. The highest BCUT2D eigenvalue weighted by molar-refractivity contribution is 9.10. The molecule has 2 aromatic carbocycles. The molecule has 0 saturated heterocycles. The molecule has 0 spiro atoms. The number of anilines is 1. The van der Waals surface area contributed by atoms with Gasteiger partial charge in [-0.3, -0.25) is 4.79 Å². The largest absolute Gasteiger partial charge is 0.497 e. The molecule has 2 aromatic heterocycles. The molecule has 0 saturated carbocycles. The van der Waals surface area contributed by atoms with Crippen LogP contribution in [0.2, 0.25) is 0 Å². The second kappa shape index (κ2) is 8.30. The van der Waals surface area contributed by atoms with Crippen molar-refractivity contribution in [1.82, 2.24) is 14.8 Å². The Bertz CT molecular complexity index is 1170. The first-order chi connectivity index (χ1) is 14.0. The van der Waals surface area contributed by atoms with Gasteiger partial charge in [-0.2, -0.15) is 0 Å². The lowest BCUT2D eigenvalue weighted by atomic mass is 10.2. The number of amides is 1. The number of fused-ring (bicyclic) bond motifs is 1. The number of carbonyl (C=O) groups excluding carboxylic acids is 1. The van der Waals surface area contributed by atoms with Gasteiger partial charge in [-0.05, 0) is 48.5 Å². The van der Waals surface area contributed by atoms with Crippen LogP contribution in [0.4, 0.5) is 5.69 Å². The summed E-state index contributed by atoms with van der Waals surface area (Å²) in [5.41, 5.74) is 1.49. The fourth-order valence-electron chi connectivity index (χ4n) is 2.78. The number of ether oxygens (including phenoxy) is 1. The molecule has 2 heterocycles. The van der Waals surface area contributed by atoms with Crippen molar-refractivity contribution < 1.29 is 13.9 Å². The van der Waals surface area contributed by atoms with Crippen LogP contribution in [-0.2, 0) is 11.8 Å². The number of halogens is 1. The number of hydrogen-bond donors (Lipinski definition) is 1. The Labute approximate surface area is 179 Å². The highest BCUT2D eigenvalue weighted by Gasteiger charge is 2.16. The second-order valence-corrected chi connectivity index (χ2v) is 8.08. The van der Waals surface area contributed by atoms with Gasteiger partial charge in [0, 0.05) is 22.6 Å². The quantitative estimate of drug-likeness (QED) is 0.408. The summed E-state index contributed by atoms with van der Waals surface area (Å²) in [5, 5.41) is 12.9. The van der Waals surface area contributed by atoms with Gasteiger partial charge < -0.3 is 19.0 Å². The molecule has 4 rings (SSSR count). The molecule has 0 aliphatic rings. The standard InChI is InChI=1S/C20H17BrN4O3S/c1-25-19(17-10-12-9-13(21)3-8-16(12)28-17)23-24-20(25)29-11-18(26)22-14-4-6-15(27-2)7-5-14/h3-10H,11H2,1-2H3,(H,22,26). The Balaban J connectivity index is 1.43. The van der Waals surface area contributed by atoms with Crippen molar-refractivity contribution in [3.8, 4) is 17.3 Å². The van der Waals surface area contributed by atoms with Gasteiger partial charge in [-0.25, -0.2) is 0 Å².